The number of allylic oxidation sites excluding steroid dienone is 2. The van der Waals surface area contributed by atoms with Gasteiger partial charge < -0.3 is 15.9 Å². The fourth-order valence-corrected chi connectivity index (χ4v) is 2.35. The summed E-state index contributed by atoms with van der Waals surface area (Å²) in [6.07, 6.45) is 21.2. The average Bonchev–Trinajstić information content (AvgIpc) is 2.51. The number of aliphatic carboxylic acids is 1. The van der Waals surface area contributed by atoms with Gasteiger partial charge in [0, 0.05) is 6.42 Å². The van der Waals surface area contributed by atoms with E-state index in [1.807, 2.05) is 0 Å². The molecule has 138 valence electrons. The topological polar surface area (TPSA) is 83.5 Å². The maximum Gasteiger partial charge on any atom is 0.303 e. The summed E-state index contributed by atoms with van der Waals surface area (Å²) in [6.45, 7) is 2.01. The molecule has 0 aromatic heterocycles. The van der Waals surface area contributed by atoms with Crippen molar-refractivity contribution in [1.29, 1.82) is 0 Å². The van der Waals surface area contributed by atoms with Gasteiger partial charge in [-0.25, -0.2) is 0 Å². The first-order valence-corrected chi connectivity index (χ1v) is 9.36. The predicted octanol–water partition coefficient (Wildman–Crippen LogP) is 5.00. The van der Waals surface area contributed by atoms with Crippen molar-refractivity contribution in [2.45, 2.75) is 96.8 Å². The number of carboxylic acids is 1. The molecule has 0 aromatic carbocycles. The largest absolute Gasteiger partial charge is 0.481 e. The molecule has 4 nitrogen and oxygen atoms in total. The van der Waals surface area contributed by atoms with Gasteiger partial charge in [0.1, 0.15) is 0 Å². The third kappa shape index (κ3) is 29.7. The van der Waals surface area contributed by atoms with Gasteiger partial charge in [-0.15, -0.1) is 0 Å². The van der Waals surface area contributed by atoms with Crippen LogP contribution in [0.1, 0.15) is 96.8 Å². The molecule has 0 fully saturated rings. The Labute approximate surface area is 143 Å². The number of aliphatic hydroxyl groups is 1. The van der Waals surface area contributed by atoms with Gasteiger partial charge in [-0.2, -0.15) is 0 Å². The second-order valence-corrected chi connectivity index (χ2v) is 5.91. The van der Waals surface area contributed by atoms with Gasteiger partial charge in [0.15, 0.2) is 0 Å². The van der Waals surface area contributed by atoms with Crippen LogP contribution in [0.25, 0.3) is 0 Å². The van der Waals surface area contributed by atoms with Gasteiger partial charge >= 0.3 is 5.97 Å². The molecule has 0 atom stereocenters. The van der Waals surface area contributed by atoms with Gasteiger partial charge in [0.2, 0.25) is 0 Å². The second-order valence-electron chi connectivity index (χ2n) is 5.91. The lowest BCUT2D eigenvalue weighted by Crippen LogP contribution is -1.93. The highest BCUT2D eigenvalue weighted by Gasteiger charge is 1.95. The fraction of sp³-hybridized carbons (Fsp3) is 0.842. The molecule has 0 saturated carbocycles. The summed E-state index contributed by atoms with van der Waals surface area (Å²) in [7, 11) is 0. The zero-order valence-corrected chi connectivity index (χ0v) is 15.1. The van der Waals surface area contributed by atoms with Crippen molar-refractivity contribution < 1.29 is 15.0 Å². The highest BCUT2D eigenvalue weighted by molar-refractivity contribution is 5.66. The van der Waals surface area contributed by atoms with Gasteiger partial charge in [0.05, 0.1) is 6.73 Å². The van der Waals surface area contributed by atoms with Crippen LogP contribution >= 0.6 is 0 Å². The molecule has 0 radical (unpaired) electrons. The van der Waals surface area contributed by atoms with Crippen LogP contribution in [0.3, 0.4) is 0 Å². The first kappa shape index (κ1) is 24.4. The van der Waals surface area contributed by atoms with Gasteiger partial charge in [-0.3, -0.25) is 4.79 Å². The van der Waals surface area contributed by atoms with E-state index in [-0.39, 0.29) is 6.73 Å². The van der Waals surface area contributed by atoms with E-state index < -0.39 is 5.97 Å². The molecular weight excluding hydrogens is 290 g/mol. The van der Waals surface area contributed by atoms with E-state index in [4.69, 9.17) is 10.2 Å². The summed E-state index contributed by atoms with van der Waals surface area (Å²) in [5.74, 6) is -0.664. The van der Waals surface area contributed by atoms with Crippen molar-refractivity contribution in [3.63, 3.8) is 0 Å². The molecule has 0 aliphatic rings. The minimum Gasteiger partial charge on any atom is -0.481 e. The van der Waals surface area contributed by atoms with E-state index in [1.165, 1.54) is 70.6 Å². The molecule has 0 rings (SSSR count). The molecule has 4 heteroatoms. The normalized spacial score (nSPS) is 10.6. The van der Waals surface area contributed by atoms with Crippen molar-refractivity contribution >= 4 is 5.97 Å². The standard InChI is InChI=1S/C18H34O2.CH5NO/c1-2-3-4-5-6-7-8-9-10-11-12-13-14-15-16-17-18(19)20;2-1-3/h9-10H,2-8,11-17H2,1H3,(H,19,20);3H,1-2H2/b10-9-;. The Morgan fingerprint density at radius 3 is 1.65 bits per heavy atom. The van der Waals surface area contributed by atoms with Crippen molar-refractivity contribution in [2.24, 2.45) is 5.73 Å². The highest BCUT2D eigenvalue weighted by Crippen LogP contribution is 2.09. The molecule has 0 bridgehead atoms. The zero-order chi connectivity index (χ0) is 17.6. The Bertz CT molecular complexity index is 255. The molecular formula is C19H39NO3. The Kier molecular flexibility index (Phi) is 24.8. The van der Waals surface area contributed by atoms with E-state index in [2.05, 4.69) is 24.8 Å². The summed E-state index contributed by atoms with van der Waals surface area (Å²) in [5, 5.41) is 15.9. The summed E-state index contributed by atoms with van der Waals surface area (Å²) >= 11 is 0. The molecule has 0 aliphatic heterocycles. The lowest BCUT2D eigenvalue weighted by atomic mass is 10.1. The molecule has 0 aliphatic carbocycles. The van der Waals surface area contributed by atoms with Crippen LogP contribution < -0.4 is 5.73 Å². The summed E-state index contributed by atoms with van der Waals surface area (Å²) in [4.78, 5) is 10.3. The van der Waals surface area contributed by atoms with Crippen LogP contribution in [0.15, 0.2) is 12.2 Å². The molecule has 23 heavy (non-hydrogen) atoms. The van der Waals surface area contributed by atoms with E-state index >= 15 is 0 Å². The van der Waals surface area contributed by atoms with Crippen molar-refractivity contribution in [3.05, 3.63) is 12.2 Å². The smallest absolute Gasteiger partial charge is 0.303 e. The lowest BCUT2D eigenvalue weighted by molar-refractivity contribution is -0.137. The number of hydrogen-bond donors (Lipinski definition) is 3. The minimum absolute atomic E-state index is 0.250. The molecule has 4 N–H and O–H groups in total. The average molecular weight is 330 g/mol. The van der Waals surface area contributed by atoms with Crippen LogP contribution in [-0.2, 0) is 4.79 Å². The van der Waals surface area contributed by atoms with E-state index in [0.717, 1.165) is 12.8 Å². The lowest BCUT2D eigenvalue weighted by Gasteiger charge is -1.99. The Hall–Kier alpha value is -0.870. The first-order chi connectivity index (χ1) is 11.2. The Morgan fingerprint density at radius 1 is 0.826 bits per heavy atom. The third-order valence-electron chi connectivity index (χ3n) is 3.65. The number of carboxylic acid groups (broad SMARTS) is 1. The maximum atomic E-state index is 10.3. The summed E-state index contributed by atoms with van der Waals surface area (Å²) in [6, 6.07) is 0. The van der Waals surface area contributed by atoms with E-state index in [0.29, 0.717) is 6.42 Å². The van der Waals surface area contributed by atoms with E-state index in [1.54, 1.807) is 0 Å². The van der Waals surface area contributed by atoms with Gasteiger partial charge in [0.25, 0.3) is 0 Å². The van der Waals surface area contributed by atoms with Crippen LogP contribution in [0.2, 0.25) is 0 Å². The van der Waals surface area contributed by atoms with Crippen molar-refractivity contribution in [3.8, 4) is 0 Å². The number of carbonyl (C=O) groups is 1. The minimum atomic E-state index is -0.664. The highest BCUT2D eigenvalue weighted by atomic mass is 16.4. The summed E-state index contributed by atoms with van der Waals surface area (Å²) in [5.41, 5.74) is 4.40. The van der Waals surface area contributed by atoms with E-state index in [9.17, 15) is 4.79 Å². The Balaban J connectivity index is 0. The maximum absolute atomic E-state index is 10.3. The van der Waals surface area contributed by atoms with Crippen LogP contribution in [0.5, 0.6) is 0 Å². The molecule has 0 unspecified atom stereocenters. The molecule has 0 amide bonds. The number of hydrogen-bond acceptors (Lipinski definition) is 3. The number of unbranched alkanes of at least 4 members (excludes halogenated alkanes) is 11. The zero-order valence-electron chi connectivity index (χ0n) is 15.1. The molecule has 0 aromatic rings. The van der Waals surface area contributed by atoms with Crippen LogP contribution in [0.4, 0.5) is 0 Å². The van der Waals surface area contributed by atoms with Crippen LogP contribution in [0, 0.1) is 0 Å². The molecule has 0 saturated heterocycles. The number of nitrogens with two attached hydrogens (primary N) is 1. The molecule has 0 spiro atoms. The summed E-state index contributed by atoms with van der Waals surface area (Å²) < 4.78 is 0. The predicted molar refractivity (Wildman–Crippen MR) is 98.4 cm³/mol. The third-order valence-corrected chi connectivity index (χ3v) is 3.65. The Morgan fingerprint density at radius 2 is 1.22 bits per heavy atom. The van der Waals surface area contributed by atoms with Crippen LogP contribution in [-0.4, -0.2) is 22.9 Å². The first-order valence-electron chi connectivity index (χ1n) is 9.36. The van der Waals surface area contributed by atoms with Crippen molar-refractivity contribution in [2.75, 3.05) is 6.73 Å². The number of rotatable bonds is 15. The molecule has 0 heterocycles. The quantitative estimate of drug-likeness (QED) is 0.224. The van der Waals surface area contributed by atoms with Gasteiger partial charge in [-0.05, 0) is 32.1 Å². The SMILES string of the molecule is CCCCCCCC/C=C\CCCCCCCC(=O)O.NCO. The fourth-order valence-electron chi connectivity index (χ4n) is 2.35. The monoisotopic (exact) mass is 329 g/mol. The second kappa shape index (κ2) is 23.4. The van der Waals surface area contributed by atoms with Crippen molar-refractivity contribution in [1.82, 2.24) is 0 Å². The number of aliphatic hydroxyl groups excluding tert-OH is 1. The van der Waals surface area contributed by atoms with Gasteiger partial charge in [-0.1, -0.05) is 70.4 Å².